The molecule has 128 valence electrons. The molecule has 7 nitrogen and oxygen atoms in total. The number of ether oxygens (including phenoxy) is 2. The van der Waals surface area contributed by atoms with Gasteiger partial charge in [0.25, 0.3) is 0 Å². The van der Waals surface area contributed by atoms with Crippen LogP contribution >= 0.6 is 0 Å². The number of carbonyl (C=O) groups is 2. The van der Waals surface area contributed by atoms with Crippen LogP contribution in [0, 0.1) is 0 Å². The molecule has 0 aliphatic rings. The summed E-state index contributed by atoms with van der Waals surface area (Å²) in [5, 5.41) is 3.43. The molecule has 1 N–H and O–H groups in total. The first-order valence-electron chi connectivity index (χ1n) is 7.05. The third-order valence-corrected chi connectivity index (χ3v) is 3.69. The lowest BCUT2D eigenvalue weighted by molar-refractivity contribution is -0.143. The first kappa shape index (κ1) is 20.4. The number of nitrogens with one attached hydrogen (secondary N) is 1. The highest BCUT2D eigenvalue weighted by atomic mass is 32.2. The van der Waals surface area contributed by atoms with Crippen LogP contribution in [0.25, 0.3) is 0 Å². The van der Waals surface area contributed by atoms with Crippen molar-refractivity contribution in [3.8, 4) is 0 Å². The van der Waals surface area contributed by atoms with E-state index < -0.39 is 33.5 Å². The predicted molar refractivity (Wildman–Crippen MR) is 83.0 cm³/mol. The molecule has 0 bridgehead atoms. The van der Waals surface area contributed by atoms with Gasteiger partial charge < -0.3 is 14.8 Å². The van der Waals surface area contributed by atoms with E-state index in [0.29, 0.717) is 0 Å². The second-order valence-corrected chi connectivity index (χ2v) is 7.72. The largest absolute Gasteiger partial charge is 0.466 e. The van der Waals surface area contributed by atoms with Gasteiger partial charge in [-0.3, -0.25) is 4.79 Å². The van der Waals surface area contributed by atoms with E-state index in [4.69, 9.17) is 9.47 Å². The molecule has 0 heterocycles. The van der Waals surface area contributed by atoms with Gasteiger partial charge in [-0.25, -0.2) is 13.2 Å². The monoisotopic (exact) mass is 335 g/mol. The van der Waals surface area contributed by atoms with E-state index in [1.807, 2.05) is 0 Å². The van der Waals surface area contributed by atoms with E-state index in [0.717, 1.165) is 5.41 Å². The van der Waals surface area contributed by atoms with Crippen molar-refractivity contribution in [2.24, 2.45) is 0 Å². The van der Waals surface area contributed by atoms with E-state index >= 15 is 0 Å². The fourth-order valence-electron chi connectivity index (χ4n) is 1.34. The third-order valence-electron chi connectivity index (χ3n) is 2.31. The zero-order chi connectivity index (χ0) is 17.4. The maximum atomic E-state index is 11.7. The highest BCUT2D eigenvalue weighted by Gasteiger charge is 2.20. The Kier molecular flexibility index (Phi) is 8.15. The lowest BCUT2D eigenvalue weighted by Crippen LogP contribution is -2.39. The van der Waals surface area contributed by atoms with Gasteiger partial charge >= 0.3 is 12.1 Å². The second-order valence-electron chi connectivity index (χ2n) is 5.54. The van der Waals surface area contributed by atoms with Crippen LogP contribution in [-0.4, -0.2) is 44.5 Å². The lowest BCUT2D eigenvalue weighted by Gasteiger charge is -2.22. The maximum absolute atomic E-state index is 11.7. The lowest BCUT2D eigenvalue weighted by atomic mass is 10.2. The summed E-state index contributed by atoms with van der Waals surface area (Å²) >= 11 is 0. The molecule has 1 amide bonds. The molecule has 22 heavy (non-hydrogen) atoms. The number of hydrogen-bond donors (Lipinski definition) is 1. The molecule has 0 fully saturated rings. The van der Waals surface area contributed by atoms with Crippen LogP contribution in [0.1, 0.15) is 41.0 Å². The summed E-state index contributed by atoms with van der Waals surface area (Å²) in [5.74, 6) is -0.607. The Morgan fingerprint density at radius 2 is 1.82 bits per heavy atom. The Morgan fingerprint density at radius 3 is 2.27 bits per heavy atom. The molecule has 0 rings (SSSR count). The van der Waals surface area contributed by atoms with Gasteiger partial charge in [-0.15, -0.1) is 0 Å². The Balaban J connectivity index is 4.94. The van der Waals surface area contributed by atoms with Crippen molar-refractivity contribution >= 4 is 21.9 Å². The fraction of sp³-hybridized carbons (Fsp3) is 0.714. The predicted octanol–water partition coefficient (Wildman–Crippen LogP) is 1.78. The van der Waals surface area contributed by atoms with E-state index in [-0.39, 0.29) is 18.8 Å². The summed E-state index contributed by atoms with van der Waals surface area (Å²) < 4.78 is 32.8. The van der Waals surface area contributed by atoms with Crippen molar-refractivity contribution < 1.29 is 27.5 Å². The summed E-state index contributed by atoms with van der Waals surface area (Å²) in [6, 6.07) is -0.824. The number of hydrogen-bond acceptors (Lipinski definition) is 6. The standard InChI is InChI=1S/C14H25NO6S/c1-6-20-12(16)10-11(8-9-22(18,19)7-2)15-13(17)21-14(3,4)5/h8-9,11H,6-7,10H2,1-5H3,(H,15,17). The minimum atomic E-state index is -3.36. The minimum Gasteiger partial charge on any atom is -0.466 e. The molecule has 0 aromatic carbocycles. The molecule has 0 spiro atoms. The second kappa shape index (κ2) is 8.77. The van der Waals surface area contributed by atoms with Gasteiger partial charge in [-0.05, 0) is 27.7 Å². The molecule has 0 radical (unpaired) electrons. The van der Waals surface area contributed by atoms with Gasteiger partial charge in [-0.2, -0.15) is 0 Å². The van der Waals surface area contributed by atoms with Crippen molar-refractivity contribution in [3.05, 3.63) is 11.5 Å². The van der Waals surface area contributed by atoms with Crippen molar-refractivity contribution in [3.63, 3.8) is 0 Å². The van der Waals surface area contributed by atoms with Crippen LogP contribution in [0.4, 0.5) is 4.79 Å². The van der Waals surface area contributed by atoms with Gasteiger partial charge in [0, 0.05) is 5.41 Å². The Morgan fingerprint density at radius 1 is 1.23 bits per heavy atom. The Hall–Kier alpha value is -1.57. The van der Waals surface area contributed by atoms with Crippen LogP contribution in [0.15, 0.2) is 11.5 Å². The molecule has 1 atom stereocenters. The number of amides is 1. The molecule has 8 heteroatoms. The van der Waals surface area contributed by atoms with Crippen molar-refractivity contribution in [1.29, 1.82) is 0 Å². The Bertz CT molecular complexity index is 504. The average Bonchev–Trinajstić information content (AvgIpc) is 2.34. The minimum absolute atomic E-state index is 0.0674. The van der Waals surface area contributed by atoms with Crippen LogP contribution in [0.3, 0.4) is 0 Å². The average molecular weight is 335 g/mol. The topological polar surface area (TPSA) is 98.8 Å². The van der Waals surface area contributed by atoms with Crippen LogP contribution in [0.2, 0.25) is 0 Å². The summed E-state index contributed by atoms with van der Waals surface area (Å²) in [4.78, 5) is 23.3. The third kappa shape index (κ3) is 10.2. The van der Waals surface area contributed by atoms with Crippen molar-refractivity contribution in [1.82, 2.24) is 5.32 Å². The Labute approximate surface area is 132 Å². The number of sulfone groups is 1. The van der Waals surface area contributed by atoms with Crippen LogP contribution in [0.5, 0.6) is 0 Å². The molecule has 0 saturated carbocycles. The normalized spacial score (nSPS) is 13.7. The zero-order valence-corrected chi connectivity index (χ0v) is 14.5. The highest BCUT2D eigenvalue weighted by Crippen LogP contribution is 2.08. The van der Waals surface area contributed by atoms with Gasteiger partial charge in [0.15, 0.2) is 9.84 Å². The van der Waals surface area contributed by atoms with E-state index in [1.54, 1.807) is 27.7 Å². The summed E-state index contributed by atoms with van der Waals surface area (Å²) in [6.07, 6.45) is 0.336. The van der Waals surface area contributed by atoms with Gasteiger partial charge in [0.2, 0.25) is 0 Å². The van der Waals surface area contributed by atoms with Gasteiger partial charge in [-0.1, -0.05) is 13.0 Å². The molecule has 0 aromatic rings. The smallest absolute Gasteiger partial charge is 0.408 e. The summed E-state index contributed by atoms with van der Waals surface area (Å²) in [7, 11) is -3.36. The van der Waals surface area contributed by atoms with E-state index in [1.165, 1.54) is 13.0 Å². The van der Waals surface area contributed by atoms with Gasteiger partial charge in [0.1, 0.15) is 5.60 Å². The number of rotatable bonds is 7. The quantitative estimate of drug-likeness (QED) is 0.712. The summed E-state index contributed by atoms with van der Waals surface area (Å²) in [5.41, 5.74) is -0.697. The molecule has 0 saturated heterocycles. The molecule has 0 aliphatic heterocycles. The SMILES string of the molecule is CCOC(=O)CC(C=CS(=O)(=O)CC)NC(=O)OC(C)(C)C. The van der Waals surface area contributed by atoms with Crippen LogP contribution in [-0.2, 0) is 24.1 Å². The zero-order valence-electron chi connectivity index (χ0n) is 13.7. The molecule has 0 aromatic heterocycles. The van der Waals surface area contributed by atoms with Gasteiger partial charge in [0.05, 0.1) is 24.8 Å². The van der Waals surface area contributed by atoms with Crippen molar-refractivity contribution in [2.45, 2.75) is 52.7 Å². The number of alkyl carbamates (subject to hydrolysis) is 1. The maximum Gasteiger partial charge on any atom is 0.408 e. The fourth-order valence-corrected chi connectivity index (χ4v) is 1.96. The first-order valence-corrected chi connectivity index (χ1v) is 8.76. The highest BCUT2D eigenvalue weighted by molar-refractivity contribution is 7.94. The van der Waals surface area contributed by atoms with Crippen LogP contribution < -0.4 is 5.32 Å². The number of esters is 1. The number of carbonyl (C=O) groups excluding carboxylic acids is 2. The summed E-state index contributed by atoms with van der Waals surface area (Å²) in [6.45, 7) is 8.46. The van der Waals surface area contributed by atoms with E-state index in [9.17, 15) is 18.0 Å². The molecule has 1 unspecified atom stereocenters. The first-order chi connectivity index (χ1) is 9.99. The molecular weight excluding hydrogens is 310 g/mol. The van der Waals surface area contributed by atoms with E-state index in [2.05, 4.69) is 5.32 Å². The van der Waals surface area contributed by atoms with Crippen molar-refractivity contribution in [2.75, 3.05) is 12.4 Å². The molecular formula is C14H25NO6S. The molecule has 0 aliphatic carbocycles.